The predicted octanol–water partition coefficient (Wildman–Crippen LogP) is 0.833. The number of unbranched alkanes of at least 4 members (excludes halogenated alkanes) is 1. The molecule has 1 rings (SSSR count). The van der Waals surface area contributed by atoms with Crippen LogP contribution < -0.4 is 5.73 Å². The van der Waals surface area contributed by atoms with E-state index >= 15 is 0 Å². The zero-order chi connectivity index (χ0) is 12.7. The summed E-state index contributed by atoms with van der Waals surface area (Å²) in [5.74, 6) is 0.601. The Kier molecular flexibility index (Phi) is 7.04. The first kappa shape index (κ1) is 14.9. The molecule has 4 heteroatoms. The molecule has 0 bridgehead atoms. The molecule has 0 radical (unpaired) electrons. The molecular weight excluding hydrogens is 216 g/mol. The van der Waals surface area contributed by atoms with Crippen molar-refractivity contribution >= 4 is 0 Å². The molecule has 1 heterocycles. The average Bonchev–Trinajstić information content (AvgIpc) is 2.30. The lowest BCUT2D eigenvalue weighted by Crippen LogP contribution is -2.50. The molecule has 0 amide bonds. The minimum absolute atomic E-state index is 0.247. The molecule has 0 aromatic rings. The Labute approximate surface area is 105 Å². The summed E-state index contributed by atoms with van der Waals surface area (Å²) < 4.78 is 5.42. The minimum atomic E-state index is -0.382. The van der Waals surface area contributed by atoms with Crippen LogP contribution in [0.1, 0.15) is 33.1 Å². The molecule has 1 saturated heterocycles. The molecule has 17 heavy (non-hydrogen) atoms. The van der Waals surface area contributed by atoms with E-state index in [1.165, 1.54) is 0 Å². The zero-order valence-electron chi connectivity index (χ0n) is 11.3. The normalized spacial score (nSPS) is 28.2. The second-order valence-electron chi connectivity index (χ2n) is 5.27. The number of hydrogen-bond acceptors (Lipinski definition) is 4. The van der Waals surface area contributed by atoms with E-state index in [4.69, 9.17) is 10.5 Å². The Hall–Kier alpha value is -0.160. The molecule has 3 N–H and O–H groups in total. The van der Waals surface area contributed by atoms with Gasteiger partial charge in [-0.15, -0.1) is 0 Å². The van der Waals surface area contributed by atoms with Crippen LogP contribution in [0.2, 0.25) is 0 Å². The molecule has 0 spiro atoms. The second kappa shape index (κ2) is 8.03. The van der Waals surface area contributed by atoms with E-state index in [1.807, 2.05) is 0 Å². The van der Waals surface area contributed by atoms with Crippen molar-refractivity contribution in [1.29, 1.82) is 0 Å². The average molecular weight is 244 g/mol. The Balaban J connectivity index is 2.11. The first-order valence-electron chi connectivity index (χ1n) is 6.87. The van der Waals surface area contributed by atoms with E-state index in [0.29, 0.717) is 19.1 Å². The van der Waals surface area contributed by atoms with Crippen LogP contribution in [0.15, 0.2) is 0 Å². The van der Waals surface area contributed by atoms with Gasteiger partial charge in [-0.25, -0.2) is 0 Å². The van der Waals surface area contributed by atoms with Crippen molar-refractivity contribution in [3.63, 3.8) is 0 Å². The van der Waals surface area contributed by atoms with Gasteiger partial charge in [-0.05, 0) is 25.3 Å². The maximum absolute atomic E-state index is 9.85. The molecule has 0 aromatic heterocycles. The summed E-state index contributed by atoms with van der Waals surface area (Å²) >= 11 is 0. The van der Waals surface area contributed by atoms with Crippen LogP contribution in [0, 0.1) is 5.92 Å². The van der Waals surface area contributed by atoms with E-state index < -0.39 is 0 Å². The van der Waals surface area contributed by atoms with Crippen molar-refractivity contribution in [2.45, 2.75) is 45.3 Å². The Morgan fingerprint density at radius 1 is 1.53 bits per heavy atom. The number of hydrogen-bond donors (Lipinski definition) is 2. The molecule has 0 aliphatic carbocycles. The lowest BCUT2D eigenvalue weighted by Gasteiger charge is -2.35. The van der Waals surface area contributed by atoms with Gasteiger partial charge in [0, 0.05) is 25.7 Å². The van der Waals surface area contributed by atoms with Gasteiger partial charge in [0.1, 0.15) is 0 Å². The first-order valence-corrected chi connectivity index (χ1v) is 6.87. The largest absolute Gasteiger partial charge is 0.389 e. The summed E-state index contributed by atoms with van der Waals surface area (Å²) in [6.45, 7) is 8.16. The van der Waals surface area contributed by atoms with Crippen molar-refractivity contribution in [1.82, 2.24) is 4.90 Å². The van der Waals surface area contributed by atoms with Crippen LogP contribution in [-0.2, 0) is 4.74 Å². The first-order chi connectivity index (χ1) is 8.13. The molecule has 1 aliphatic rings. The lowest BCUT2D eigenvalue weighted by atomic mass is 9.94. The molecule has 102 valence electrons. The van der Waals surface area contributed by atoms with E-state index in [1.54, 1.807) is 0 Å². The van der Waals surface area contributed by atoms with Gasteiger partial charge in [0.15, 0.2) is 0 Å². The number of ether oxygens (including phenoxy) is 1. The van der Waals surface area contributed by atoms with Crippen molar-refractivity contribution in [3.05, 3.63) is 0 Å². The van der Waals surface area contributed by atoms with Gasteiger partial charge in [0.2, 0.25) is 0 Å². The van der Waals surface area contributed by atoms with E-state index in [0.717, 1.165) is 39.0 Å². The fourth-order valence-electron chi connectivity index (χ4n) is 2.15. The van der Waals surface area contributed by atoms with Crippen LogP contribution in [0.3, 0.4) is 0 Å². The number of likely N-dealkylation sites (tertiary alicyclic amines) is 1. The van der Waals surface area contributed by atoms with E-state index in [2.05, 4.69) is 18.7 Å². The van der Waals surface area contributed by atoms with Crippen LogP contribution in [0.5, 0.6) is 0 Å². The molecule has 3 atom stereocenters. The number of nitrogens with zero attached hydrogens (tertiary/aromatic N) is 1. The monoisotopic (exact) mass is 244 g/mol. The number of nitrogens with two attached hydrogens (primary N) is 1. The van der Waals surface area contributed by atoms with Crippen LogP contribution >= 0.6 is 0 Å². The van der Waals surface area contributed by atoms with Gasteiger partial charge < -0.3 is 15.6 Å². The fraction of sp³-hybridized carbons (Fsp3) is 1.00. The Bertz CT molecular complexity index is 202. The predicted molar refractivity (Wildman–Crippen MR) is 69.9 cm³/mol. The van der Waals surface area contributed by atoms with Gasteiger partial charge in [-0.3, -0.25) is 4.90 Å². The molecule has 1 fully saturated rings. The van der Waals surface area contributed by atoms with Crippen LogP contribution in [0.25, 0.3) is 0 Å². The highest BCUT2D eigenvalue weighted by atomic mass is 16.5. The van der Waals surface area contributed by atoms with Gasteiger partial charge in [0.05, 0.1) is 12.7 Å². The van der Waals surface area contributed by atoms with Crippen molar-refractivity contribution in [2.24, 2.45) is 11.7 Å². The molecule has 1 aliphatic heterocycles. The SMILES string of the molecule is CCCCOCC(O)CN1CCC(C)C(N)C1. The molecular formula is C13H28N2O2. The summed E-state index contributed by atoms with van der Waals surface area (Å²) in [6.07, 6.45) is 2.95. The molecule has 0 aromatic carbocycles. The van der Waals surface area contributed by atoms with Gasteiger partial charge in [-0.2, -0.15) is 0 Å². The standard InChI is InChI=1S/C13H28N2O2/c1-3-4-7-17-10-12(16)8-15-6-5-11(2)13(14)9-15/h11-13,16H,3-10,14H2,1-2H3. The number of aliphatic hydroxyl groups is 1. The Morgan fingerprint density at radius 3 is 2.94 bits per heavy atom. The third-order valence-corrected chi connectivity index (χ3v) is 3.52. The van der Waals surface area contributed by atoms with E-state index in [9.17, 15) is 5.11 Å². The number of aliphatic hydroxyl groups excluding tert-OH is 1. The molecule has 0 saturated carbocycles. The third kappa shape index (κ3) is 5.82. The van der Waals surface area contributed by atoms with Crippen LogP contribution in [-0.4, -0.2) is 55.0 Å². The highest BCUT2D eigenvalue weighted by Gasteiger charge is 2.24. The number of piperidine rings is 1. The second-order valence-corrected chi connectivity index (χ2v) is 5.27. The van der Waals surface area contributed by atoms with Crippen molar-refractivity contribution in [2.75, 3.05) is 32.8 Å². The lowest BCUT2D eigenvalue weighted by molar-refractivity contribution is 0.00846. The third-order valence-electron chi connectivity index (χ3n) is 3.52. The summed E-state index contributed by atoms with van der Waals surface area (Å²) in [7, 11) is 0. The maximum Gasteiger partial charge on any atom is 0.0900 e. The maximum atomic E-state index is 9.85. The summed E-state index contributed by atoms with van der Waals surface area (Å²) in [5, 5.41) is 9.85. The smallest absolute Gasteiger partial charge is 0.0900 e. The minimum Gasteiger partial charge on any atom is -0.389 e. The number of rotatable bonds is 7. The fourth-order valence-corrected chi connectivity index (χ4v) is 2.15. The van der Waals surface area contributed by atoms with Crippen molar-refractivity contribution < 1.29 is 9.84 Å². The molecule has 4 nitrogen and oxygen atoms in total. The number of β-amino-alcohol motifs (C(OH)–C–C–N with tert-alkyl or cyclic N) is 1. The molecule has 3 unspecified atom stereocenters. The highest BCUT2D eigenvalue weighted by Crippen LogP contribution is 2.15. The quantitative estimate of drug-likeness (QED) is 0.651. The summed E-state index contributed by atoms with van der Waals surface area (Å²) in [6, 6.07) is 0.247. The van der Waals surface area contributed by atoms with E-state index in [-0.39, 0.29) is 12.1 Å². The zero-order valence-corrected chi connectivity index (χ0v) is 11.3. The van der Waals surface area contributed by atoms with Crippen molar-refractivity contribution in [3.8, 4) is 0 Å². The topological polar surface area (TPSA) is 58.7 Å². The highest BCUT2D eigenvalue weighted by molar-refractivity contribution is 4.81. The summed E-state index contributed by atoms with van der Waals surface area (Å²) in [4.78, 5) is 2.25. The van der Waals surface area contributed by atoms with Gasteiger partial charge >= 0.3 is 0 Å². The Morgan fingerprint density at radius 2 is 2.29 bits per heavy atom. The van der Waals surface area contributed by atoms with Crippen LogP contribution in [0.4, 0.5) is 0 Å². The van der Waals surface area contributed by atoms with Gasteiger partial charge in [-0.1, -0.05) is 20.3 Å². The van der Waals surface area contributed by atoms with Gasteiger partial charge in [0.25, 0.3) is 0 Å². The summed E-state index contributed by atoms with van der Waals surface area (Å²) in [5.41, 5.74) is 6.03.